The van der Waals surface area contributed by atoms with Crippen molar-refractivity contribution in [2.75, 3.05) is 0 Å². The number of halogens is 1. The maximum atomic E-state index is 13.4. The average molecular weight is 397 g/mol. The number of H-pyrrole nitrogens is 1. The van der Waals surface area contributed by atoms with Gasteiger partial charge in [-0.05, 0) is 30.2 Å². The van der Waals surface area contributed by atoms with Crippen LogP contribution in [-0.2, 0) is 6.54 Å². The van der Waals surface area contributed by atoms with Gasteiger partial charge in [-0.2, -0.15) is 5.10 Å². The van der Waals surface area contributed by atoms with Gasteiger partial charge in [0.2, 0.25) is 0 Å². The molecule has 0 aliphatic carbocycles. The van der Waals surface area contributed by atoms with Crippen LogP contribution in [0.4, 0.5) is 4.39 Å². The summed E-state index contributed by atoms with van der Waals surface area (Å²) in [7, 11) is 0. The van der Waals surface area contributed by atoms with E-state index in [2.05, 4.69) is 34.5 Å². The van der Waals surface area contributed by atoms with Crippen molar-refractivity contribution in [3.8, 4) is 11.3 Å². The van der Waals surface area contributed by atoms with Crippen LogP contribution in [0.3, 0.4) is 0 Å². The van der Waals surface area contributed by atoms with E-state index in [4.69, 9.17) is 0 Å². The Morgan fingerprint density at radius 2 is 1.67 bits per heavy atom. The quantitative estimate of drug-likeness (QED) is 0.510. The molecule has 0 spiro atoms. The zero-order chi connectivity index (χ0) is 20.7. The van der Waals surface area contributed by atoms with Gasteiger partial charge in [-0.15, -0.1) is 0 Å². The molecule has 1 atom stereocenters. The van der Waals surface area contributed by atoms with Gasteiger partial charge in [0.05, 0.1) is 11.7 Å². The fourth-order valence-electron chi connectivity index (χ4n) is 4.06. The van der Waals surface area contributed by atoms with Crippen molar-refractivity contribution < 1.29 is 9.18 Å². The largest absolute Gasteiger partial charge is 0.322 e. The zero-order valence-corrected chi connectivity index (χ0v) is 16.5. The first kappa shape index (κ1) is 18.3. The van der Waals surface area contributed by atoms with E-state index in [1.165, 1.54) is 12.1 Å². The predicted molar refractivity (Wildman–Crippen MR) is 113 cm³/mol. The number of benzene rings is 3. The lowest BCUT2D eigenvalue weighted by Gasteiger charge is -2.26. The second-order valence-corrected chi connectivity index (χ2v) is 7.60. The number of rotatable bonds is 4. The van der Waals surface area contributed by atoms with Crippen molar-refractivity contribution in [3.05, 3.63) is 113 Å². The third-order valence-corrected chi connectivity index (χ3v) is 5.57. The lowest BCUT2D eigenvalue weighted by Crippen LogP contribution is -2.29. The summed E-state index contributed by atoms with van der Waals surface area (Å²) in [6.45, 7) is 2.42. The van der Waals surface area contributed by atoms with Crippen molar-refractivity contribution in [2.24, 2.45) is 0 Å². The highest BCUT2D eigenvalue weighted by Gasteiger charge is 2.42. The van der Waals surface area contributed by atoms with E-state index in [1.807, 2.05) is 42.2 Å². The normalized spacial score (nSPS) is 15.5. The van der Waals surface area contributed by atoms with Crippen LogP contribution < -0.4 is 0 Å². The van der Waals surface area contributed by atoms with Crippen molar-refractivity contribution in [1.29, 1.82) is 0 Å². The molecule has 5 heteroatoms. The smallest absolute Gasteiger partial charge is 0.273 e. The molecule has 1 amide bonds. The molecule has 0 radical (unpaired) electrons. The highest BCUT2D eigenvalue weighted by atomic mass is 19.1. The molecule has 1 N–H and O–H groups in total. The monoisotopic (exact) mass is 397 g/mol. The van der Waals surface area contributed by atoms with Gasteiger partial charge in [-0.3, -0.25) is 9.89 Å². The second kappa shape index (κ2) is 7.26. The molecule has 1 aliphatic rings. The Balaban J connectivity index is 1.63. The Morgan fingerprint density at radius 3 is 2.37 bits per heavy atom. The summed E-state index contributed by atoms with van der Waals surface area (Å²) < 4.78 is 13.4. The molecule has 0 fully saturated rings. The fraction of sp³-hybridized carbons (Fsp3) is 0.120. The Kier molecular flexibility index (Phi) is 4.43. The van der Waals surface area contributed by atoms with E-state index in [9.17, 15) is 9.18 Å². The summed E-state index contributed by atoms with van der Waals surface area (Å²) in [6.07, 6.45) is 0. The van der Waals surface area contributed by atoms with E-state index in [-0.39, 0.29) is 17.8 Å². The summed E-state index contributed by atoms with van der Waals surface area (Å²) in [6, 6.07) is 24.1. The Bertz CT molecular complexity index is 1200. The maximum Gasteiger partial charge on any atom is 0.273 e. The Labute approximate surface area is 174 Å². The van der Waals surface area contributed by atoms with Crippen LogP contribution in [0.15, 0.2) is 78.9 Å². The molecule has 4 nitrogen and oxygen atoms in total. The van der Waals surface area contributed by atoms with Gasteiger partial charge < -0.3 is 4.90 Å². The van der Waals surface area contributed by atoms with E-state index in [1.54, 1.807) is 12.1 Å². The van der Waals surface area contributed by atoms with E-state index < -0.39 is 0 Å². The summed E-state index contributed by atoms with van der Waals surface area (Å²) >= 11 is 0. The van der Waals surface area contributed by atoms with Gasteiger partial charge >= 0.3 is 0 Å². The van der Waals surface area contributed by atoms with E-state index in [0.717, 1.165) is 33.5 Å². The highest BCUT2D eigenvalue weighted by molar-refractivity contribution is 6.00. The van der Waals surface area contributed by atoms with Crippen LogP contribution in [-0.4, -0.2) is 21.0 Å². The molecule has 4 aromatic rings. The van der Waals surface area contributed by atoms with Crippen LogP contribution >= 0.6 is 0 Å². The summed E-state index contributed by atoms with van der Waals surface area (Å²) in [4.78, 5) is 15.2. The van der Waals surface area contributed by atoms with E-state index in [0.29, 0.717) is 12.2 Å². The molecule has 0 bridgehead atoms. The van der Waals surface area contributed by atoms with Crippen LogP contribution in [0, 0.1) is 12.7 Å². The number of hydrogen-bond acceptors (Lipinski definition) is 2. The summed E-state index contributed by atoms with van der Waals surface area (Å²) in [5.74, 6) is -0.392. The number of nitrogens with one attached hydrogen (secondary N) is 1. The van der Waals surface area contributed by atoms with E-state index >= 15 is 0 Å². The Hall–Kier alpha value is -3.73. The number of amides is 1. The number of fused-ring (bicyclic) bond motifs is 1. The summed E-state index contributed by atoms with van der Waals surface area (Å²) in [5.41, 5.74) is 6.20. The molecule has 2 heterocycles. The number of hydrogen-bond donors (Lipinski definition) is 1. The summed E-state index contributed by atoms with van der Waals surface area (Å²) in [5, 5.41) is 7.45. The third-order valence-electron chi connectivity index (χ3n) is 5.57. The van der Waals surface area contributed by atoms with Gasteiger partial charge in [0.1, 0.15) is 11.5 Å². The number of carbonyl (C=O) groups excluding carboxylic acids is 1. The molecule has 1 aliphatic heterocycles. The fourth-order valence-corrected chi connectivity index (χ4v) is 4.06. The number of nitrogens with zero attached hydrogens (tertiary/aromatic N) is 2. The molecule has 148 valence electrons. The van der Waals surface area contributed by atoms with Crippen molar-refractivity contribution in [1.82, 2.24) is 15.1 Å². The van der Waals surface area contributed by atoms with Crippen LogP contribution in [0.5, 0.6) is 0 Å². The van der Waals surface area contributed by atoms with Crippen LogP contribution in [0.25, 0.3) is 11.3 Å². The minimum Gasteiger partial charge on any atom is -0.322 e. The zero-order valence-electron chi connectivity index (χ0n) is 16.5. The molecule has 3 aromatic carbocycles. The highest BCUT2D eigenvalue weighted by Crippen LogP contribution is 2.43. The van der Waals surface area contributed by atoms with Gasteiger partial charge in [-0.1, -0.05) is 72.3 Å². The molecule has 0 saturated heterocycles. The van der Waals surface area contributed by atoms with Gasteiger partial charge in [-0.25, -0.2) is 4.39 Å². The number of aromatic nitrogens is 2. The molecule has 5 rings (SSSR count). The number of aryl methyl sites for hydroxylation is 1. The second-order valence-electron chi connectivity index (χ2n) is 7.60. The van der Waals surface area contributed by atoms with Crippen LogP contribution in [0.1, 0.15) is 38.8 Å². The first-order valence-corrected chi connectivity index (χ1v) is 9.87. The average Bonchev–Trinajstić information content (AvgIpc) is 3.31. The van der Waals surface area contributed by atoms with Crippen molar-refractivity contribution in [2.45, 2.75) is 19.5 Å². The van der Waals surface area contributed by atoms with Gasteiger partial charge in [0.25, 0.3) is 5.91 Å². The first-order valence-electron chi connectivity index (χ1n) is 9.87. The Morgan fingerprint density at radius 1 is 0.967 bits per heavy atom. The van der Waals surface area contributed by atoms with Gasteiger partial charge in [0.15, 0.2) is 0 Å². The SMILES string of the molecule is Cc1ccc(C2c3c(-c4ccccc4)n[nH]c3C(=O)N2Cc2ccc(F)cc2)cc1. The molecular weight excluding hydrogens is 377 g/mol. The van der Waals surface area contributed by atoms with Crippen molar-refractivity contribution in [3.63, 3.8) is 0 Å². The lowest BCUT2D eigenvalue weighted by atomic mass is 9.95. The first-order chi connectivity index (χ1) is 14.6. The third kappa shape index (κ3) is 3.08. The topological polar surface area (TPSA) is 49.0 Å². The maximum absolute atomic E-state index is 13.4. The number of carbonyl (C=O) groups is 1. The van der Waals surface area contributed by atoms with Gasteiger partial charge in [0, 0.05) is 17.7 Å². The standard InChI is InChI=1S/C25H20FN3O/c1-16-7-11-19(12-8-16)24-21-22(18-5-3-2-4-6-18)27-28-23(21)25(30)29(24)15-17-9-13-20(26)14-10-17/h2-14,24H,15H2,1H3,(H,27,28). The molecule has 1 aromatic heterocycles. The van der Waals surface area contributed by atoms with Crippen LogP contribution in [0.2, 0.25) is 0 Å². The lowest BCUT2D eigenvalue weighted by molar-refractivity contribution is 0.0730. The molecule has 1 unspecified atom stereocenters. The minimum absolute atomic E-state index is 0.102. The molecular formula is C25H20FN3O. The van der Waals surface area contributed by atoms with Crippen molar-refractivity contribution >= 4 is 5.91 Å². The predicted octanol–water partition coefficient (Wildman–Crippen LogP) is 5.27. The molecule has 0 saturated carbocycles. The minimum atomic E-state index is -0.289. The number of aromatic amines is 1. The molecule has 30 heavy (non-hydrogen) atoms.